The highest BCUT2D eigenvalue weighted by atomic mass is 32.2. The van der Waals surface area contributed by atoms with Crippen LogP contribution in [-0.4, -0.2) is 50.2 Å². The second-order valence-corrected chi connectivity index (χ2v) is 9.05. The van der Waals surface area contributed by atoms with Crippen molar-refractivity contribution >= 4 is 21.9 Å². The van der Waals surface area contributed by atoms with E-state index < -0.39 is 27.7 Å². The summed E-state index contributed by atoms with van der Waals surface area (Å²) in [5.41, 5.74) is -0.442. The minimum Gasteiger partial charge on any atom is -0.493 e. The third-order valence-electron chi connectivity index (χ3n) is 4.59. The van der Waals surface area contributed by atoms with Crippen molar-refractivity contribution in [3.05, 3.63) is 47.3 Å². The van der Waals surface area contributed by atoms with Crippen LogP contribution in [0.2, 0.25) is 0 Å². The van der Waals surface area contributed by atoms with Gasteiger partial charge >= 0.3 is 6.18 Å². The number of nitrogens with zero attached hydrogens (tertiary/aromatic N) is 3. The second kappa shape index (κ2) is 8.69. The first-order valence-corrected chi connectivity index (χ1v) is 11.2. The molecular formula is C19H21F3N4O4S. The number of sulfonamides is 1. The summed E-state index contributed by atoms with van der Waals surface area (Å²) in [5, 5.41) is 0. The lowest BCUT2D eigenvalue weighted by Gasteiger charge is -2.18. The van der Waals surface area contributed by atoms with Crippen molar-refractivity contribution in [2.75, 3.05) is 30.9 Å². The van der Waals surface area contributed by atoms with E-state index in [9.17, 15) is 26.4 Å². The van der Waals surface area contributed by atoms with E-state index in [2.05, 4.69) is 9.97 Å². The summed E-state index contributed by atoms with van der Waals surface area (Å²) in [4.78, 5) is 22.3. The summed E-state index contributed by atoms with van der Waals surface area (Å²) in [6, 6.07) is 6.41. The predicted octanol–water partition coefficient (Wildman–Crippen LogP) is 2.40. The van der Waals surface area contributed by atoms with Crippen LogP contribution >= 0.6 is 0 Å². The Balaban J connectivity index is 1.67. The van der Waals surface area contributed by atoms with Crippen LogP contribution in [0, 0.1) is 12.8 Å². The van der Waals surface area contributed by atoms with E-state index in [1.807, 2.05) is 4.72 Å². The van der Waals surface area contributed by atoms with Crippen LogP contribution in [-0.2, 0) is 16.2 Å². The van der Waals surface area contributed by atoms with Gasteiger partial charge in [0, 0.05) is 24.7 Å². The number of ether oxygens (including phenoxy) is 1. The monoisotopic (exact) mass is 458 g/mol. The summed E-state index contributed by atoms with van der Waals surface area (Å²) in [7, 11) is -3.74. The summed E-state index contributed by atoms with van der Waals surface area (Å²) >= 11 is 0. The fraction of sp³-hybridized carbons (Fsp3) is 0.421. The zero-order valence-corrected chi connectivity index (χ0v) is 17.6. The molecule has 0 bridgehead atoms. The van der Waals surface area contributed by atoms with Crippen molar-refractivity contribution in [2.24, 2.45) is 5.92 Å². The Morgan fingerprint density at radius 1 is 1.29 bits per heavy atom. The van der Waals surface area contributed by atoms with E-state index in [-0.39, 0.29) is 29.9 Å². The van der Waals surface area contributed by atoms with E-state index in [0.29, 0.717) is 25.2 Å². The molecule has 8 nitrogen and oxygen atoms in total. The molecule has 0 aliphatic carbocycles. The second-order valence-electron chi connectivity index (χ2n) is 7.30. The first-order chi connectivity index (χ1) is 14.4. The highest BCUT2D eigenvalue weighted by molar-refractivity contribution is 7.89. The zero-order valence-electron chi connectivity index (χ0n) is 16.8. The van der Waals surface area contributed by atoms with E-state index in [4.69, 9.17) is 4.74 Å². The molecule has 1 fully saturated rings. The lowest BCUT2D eigenvalue weighted by molar-refractivity contribution is -0.139. The number of hydrogen-bond acceptors (Lipinski definition) is 7. The molecule has 1 saturated heterocycles. The molecule has 1 aliphatic heterocycles. The molecule has 0 saturated carbocycles. The van der Waals surface area contributed by atoms with Crippen LogP contribution in [0.3, 0.4) is 0 Å². The molecule has 1 amide bonds. The summed E-state index contributed by atoms with van der Waals surface area (Å²) in [6.45, 7) is 2.67. The number of nitrogens with one attached hydrogen (secondary N) is 1. The van der Waals surface area contributed by atoms with Gasteiger partial charge in [-0.2, -0.15) is 13.2 Å². The van der Waals surface area contributed by atoms with Gasteiger partial charge in [-0.3, -0.25) is 4.79 Å². The average molecular weight is 458 g/mol. The summed E-state index contributed by atoms with van der Waals surface area (Å²) in [6.07, 6.45) is -3.01. The maximum Gasteiger partial charge on any atom is 0.419 e. The third-order valence-corrected chi connectivity index (χ3v) is 5.15. The van der Waals surface area contributed by atoms with Crippen molar-refractivity contribution in [2.45, 2.75) is 19.5 Å². The molecule has 1 aromatic carbocycles. The highest BCUT2D eigenvalue weighted by Gasteiger charge is 2.34. The normalized spacial score (nSPS) is 16.9. The number of para-hydroxylation sites is 1. The van der Waals surface area contributed by atoms with Crippen molar-refractivity contribution < 1.29 is 31.1 Å². The Kier molecular flexibility index (Phi) is 6.39. The van der Waals surface area contributed by atoms with Gasteiger partial charge in [0.1, 0.15) is 11.4 Å². The summed E-state index contributed by atoms with van der Waals surface area (Å²) < 4.78 is 69.2. The molecule has 0 radical (unpaired) electrons. The molecule has 168 valence electrons. The van der Waals surface area contributed by atoms with Gasteiger partial charge in [0.15, 0.2) is 0 Å². The number of benzene rings is 1. The Morgan fingerprint density at radius 2 is 2.00 bits per heavy atom. The van der Waals surface area contributed by atoms with Gasteiger partial charge in [0.25, 0.3) is 5.91 Å². The fourth-order valence-corrected chi connectivity index (χ4v) is 3.66. The number of anilines is 1. The van der Waals surface area contributed by atoms with E-state index in [1.165, 1.54) is 24.3 Å². The molecule has 1 atom stereocenters. The predicted molar refractivity (Wildman–Crippen MR) is 106 cm³/mol. The molecule has 12 heteroatoms. The molecule has 2 aromatic rings. The molecular weight excluding hydrogens is 437 g/mol. The Bertz CT molecular complexity index is 1080. The maximum absolute atomic E-state index is 13.1. The quantitative estimate of drug-likeness (QED) is 0.709. The Morgan fingerprint density at radius 3 is 2.68 bits per heavy atom. The van der Waals surface area contributed by atoms with Crippen LogP contribution in [0.15, 0.2) is 30.3 Å². The van der Waals surface area contributed by atoms with Gasteiger partial charge in [-0.1, -0.05) is 12.1 Å². The fourth-order valence-electron chi connectivity index (χ4n) is 3.22. The van der Waals surface area contributed by atoms with Gasteiger partial charge in [-0.15, -0.1) is 0 Å². The lowest BCUT2D eigenvalue weighted by Crippen LogP contribution is -2.31. The van der Waals surface area contributed by atoms with Crippen molar-refractivity contribution in [1.82, 2.24) is 14.7 Å². The average Bonchev–Trinajstić information content (AvgIpc) is 3.13. The number of rotatable bonds is 6. The minimum atomic E-state index is -4.50. The number of aromatic nitrogens is 2. The van der Waals surface area contributed by atoms with Gasteiger partial charge in [-0.25, -0.2) is 23.1 Å². The zero-order chi connectivity index (χ0) is 22.8. The highest BCUT2D eigenvalue weighted by Crippen LogP contribution is 2.36. The van der Waals surface area contributed by atoms with Gasteiger partial charge in [0.05, 0.1) is 18.4 Å². The standard InChI is InChI=1S/C19H21F3N4O4S/c1-12-9-15(17(27)25-31(2,28)29)24-18(23-12)26-8-7-13(10-26)11-30-16-6-4-3-5-14(16)19(20,21)22/h3-6,9,13H,7-8,10-11H2,1-2H3,(H,25,27)/t13-/m1/s1. The molecule has 31 heavy (non-hydrogen) atoms. The molecule has 1 aliphatic rings. The smallest absolute Gasteiger partial charge is 0.419 e. The number of carbonyl (C=O) groups is 1. The summed E-state index contributed by atoms with van der Waals surface area (Å²) in [5.74, 6) is -0.910. The molecule has 1 N–H and O–H groups in total. The van der Waals surface area contributed by atoms with Crippen molar-refractivity contribution in [3.8, 4) is 5.75 Å². The van der Waals surface area contributed by atoms with E-state index >= 15 is 0 Å². The Labute approximate surface area is 177 Å². The number of amides is 1. The minimum absolute atomic E-state index is 0.0706. The number of hydrogen-bond donors (Lipinski definition) is 1. The number of halogens is 3. The molecule has 3 rings (SSSR count). The molecule has 1 aromatic heterocycles. The van der Waals surface area contributed by atoms with E-state index in [0.717, 1.165) is 12.3 Å². The van der Waals surface area contributed by atoms with Crippen LogP contribution in [0.25, 0.3) is 0 Å². The van der Waals surface area contributed by atoms with Crippen molar-refractivity contribution in [1.29, 1.82) is 0 Å². The largest absolute Gasteiger partial charge is 0.493 e. The third kappa shape index (κ3) is 6.06. The maximum atomic E-state index is 13.1. The van der Waals surface area contributed by atoms with Crippen molar-refractivity contribution in [3.63, 3.8) is 0 Å². The van der Waals surface area contributed by atoms with Crippen LogP contribution in [0.4, 0.5) is 19.1 Å². The topological polar surface area (TPSA) is 101 Å². The van der Waals surface area contributed by atoms with Gasteiger partial charge in [0.2, 0.25) is 16.0 Å². The van der Waals surface area contributed by atoms with Crippen LogP contribution in [0.5, 0.6) is 5.75 Å². The number of carbonyl (C=O) groups excluding carboxylic acids is 1. The Hall–Kier alpha value is -2.89. The lowest BCUT2D eigenvalue weighted by atomic mass is 10.1. The van der Waals surface area contributed by atoms with Gasteiger partial charge < -0.3 is 9.64 Å². The van der Waals surface area contributed by atoms with Crippen LogP contribution < -0.4 is 14.4 Å². The van der Waals surface area contributed by atoms with Crippen LogP contribution in [0.1, 0.15) is 28.2 Å². The first kappa shape index (κ1) is 22.8. The number of aryl methyl sites for hydroxylation is 1. The van der Waals surface area contributed by atoms with E-state index in [1.54, 1.807) is 11.8 Å². The molecule has 2 heterocycles. The SMILES string of the molecule is Cc1cc(C(=O)NS(C)(=O)=O)nc(N2CC[C@@H](COc3ccccc3C(F)(F)F)C2)n1. The first-order valence-electron chi connectivity index (χ1n) is 9.34. The van der Waals surface area contributed by atoms with Gasteiger partial charge in [-0.05, 0) is 31.5 Å². The molecule has 0 unspecified atom stereocenters. The number of alkyl halides is 3. The molecule has 0 spiro atoms.